The van der Waals surface area contributed by atoms with Crippen molar-refractivity contribution in [2.24, 2.45) is 0 Å². The summed E-state index contributed by atoms with van der Waals surface area (Å²) in [6.45, 7) is 3.05. The number of halogens is 1. The summed E-state index contributed by atoms with van der Waals surface area (Å²) in [5.41, 5.74) is -0.244. The van der Waals surface area contributed by atoms with E-state index < -0.39 is 24.0 Å². The molecule has 0 aliphatic carbocycles. The van der Waals surface area contributed by atoms with Gasteiger partial charge in [-0.05, 0) is 32.0 Å². The molecule has 0 aliphatic rings. The molecule has 0 saturated carbocycles. The van der Waals surface area contributed by atoms with E-state index in [0.717, 1.165) is 12.1 Å². The van der Waals surface area contributed by atoms with Crippen molar-refractivity contribution in [2.75, 3.05) is 0 Å². The Morgan fingerprint density at radius 2 is 1.90 bits per heavy atom. The van der Waals surface area contributed by atoms with Crippen molar-refractivity contribution in [1.82, 2.24) is 0 Å². The number of hydrogen-bond donors (Lipinski definition) is 0. The molecule has 1 rings (SSSR count). The van der Waals surface area contributed by atoms with Crippen LogP contribution in [-0.4, -0.2) is 24.0 Å². The zero-order valence-electron chi connectivity index (χ0n) is 10.9. The Morgan fingerprint density at radius 3 is 2.40 bits per heavy atom. The first kappa shape index (κ1) is 15.3. The standard InChI is InChI=1S/C14H11FN2O3/c1-8(2)20-14(19)12(15)13(18)11-4-3-9(6-16)5-10(11)7-17/h3-5,8,12H,1-2H3. The molecule has 0 radical (unpaired) electrons. The molecule has 0 spiro atoms. The number of esters is 1. The summed E-state index contributed by atoms with van der Waals surface area (Å²) in [6.07, 6.45) is -3.04. The van der Waals surface area contributed by atoms with Crippen molar-refractivity contribution in [3.63, 3.8) is 0 Å². The zero-order valence-corrected chi connectivity index (χ0v) is 10.9. The molecule has 0 amide bonds. The Balaban J connectivity index is 3.07. The molecule has 20 heavy (non-hydrogen) atoms. The van der Waals surface area contributed by atoms with E-state index in [-0.39, 0.29) is 16.7 Å². The fraction of sp³-hybridized carbons (Fsp3) is 0.286. The zero-order chi connectivity index (χ0) is 15.3. The minimum atomic E-state index is -2.49. The Hall–Kier alpha value is -2.73. The molecule has 0 aromatic heterocycles. The maximum Gasteiger partial charge on any atom is 0.349 e. The van der Waals surface area contributed by atoms with E-state index in [9.17, 15) is 14.0 Å². The van der Waals surface area contributed by atoms with Crippen LogP contribution in [-0.2, 0) is 9.53 Å². The van der Waals surface area contributed by atoms with E-state index in [2.05, 4.69) is 4.74 Å². The first-order chi connectivity index (χ1) is 9.40. The normalized spacial score (nSPS) is 11.3. The van der Waals surface area contributed by atoms with Crippen molar-refractivity contribution in [3.8, 4) is 12.1 Å². The lowest BCUT2D eigenvalue weighted by Gasteiger charge is -2.11. The Kier molecular flexibility index (Phi) is 4.94. The maximum atomic E-state index is 13.7. The number of ketones is 1. The summed E-state index contributed by atoms with van der Waals surface area (Å²) < 4.78 is 18.3. The average molecular weight is 274 g/mol. The fourth-order valence-electron chi connectivity index (χ4n) is 1.46. The lowest BCUT2D eigenvalue weighted by atomic mass is 9.99. The average Bonchev–Trinajstić information content (AvgIpc) is 2.44. The van der Waals surface area contributed by atoms with Gasteiger partial charge in [0.1, 0.15) is 0 Å². The number of carbonyl (C=O) groups is 2. The van der Waals surface area contributed by atoms with Crippen LogP contribution in [0.4, 0.5) is 4.39 Å². The topological polar surface area (TPSA) is 90.9 Å². The molecule has 0 aliphatic heterocycles. The number of nitrogens with zero attached hydrogens (tertiary/aromatic N) is 2. The SMILES string of the molecule is CC(C)OC(=O)C(F)C(=O)c1ccc(C#N)cc1C#N. The van der Waals surface area contributed by atoms with Crippen LogP contribution in [0.3, 0.4) is 0 Å². The van der Waals surface area contributed by atoms with Crippen LogP contribution in [0.5, 0.6) is 0 Å². The summed E-state index contributed by atoms with van der Waals surface area (Å²) in [5.74, 6) is -2.45. The quantitative estimate of drug-likeness (QED) is 0.475. The summed E-state index contributed by atoms with van der Waals surface area (Å²) in [6, 6.07) is 7.07. The molecule has 5 nitrogen and oxygen atoms in total. The highest BCUT2D eigenvalue weighted by Gasteiger charge is 2.31. The van der Waals surface area contributed by atoms with Crippen LogP contribution in [0.25, 0.3) is 0 Å². The summed E-state index contributed by atoms with van der Waals surface area (Å²) in [5, 5.41) is 17.6. The van der Waals surface area contributed by atoms with Crippen LogP contribution < -0.4 is 0 Å². The van der Waals surface area contributed by atoms with Gasteiger partial charge in [0, 0.05) is 5.56 Å². The highest BCUT2D eigenvalue weighted by Crippen LogP contribution is 2.15. The van der Waals surface area contributed by atoms with E-state index in [4.69, 9.17) is 10.5 Å². The molecule has 0 N–H and O–H groups in total. The summed E-state index contributed by atoms with van der Waals surface area (Å²) in [7, 11) is 0. The molecule has 102 valence electrons. The molecule has 6 heteroatoms. The first-order valence-corrected chi connectivity index (χ1v) is 5.73. The number of ether oxygens (including phenoxy) is 1. The van der Waals surface area contributed by atoms with Crippen LogP contribution in [0, 0.1) is 22.7 Å². The van der Waals surface area contributed by atoms with Crippen molar-refractivity contribution < 1.29 is 18.7 Å². The lowest BCUT2D eigenvalue weighted by Crippen LogP contribution is -2.30. The van der Waals surface area contributed by atoms with Crippen molar-refractivity contribution >= 4 is 11.8 Å². The monoisotopic (exact) mass is 274 g/mol. The van der Waals surface area contributed by atoms with Crippen molar-refractivity contribution in [2.45, 2.75) is 26.1 Å². The molecule has 0 saturated heterocycles. The van der Waals surface area contributed by atoms with Gasteiger partial charge in [0.25, 0.3) is 6.17 Å². The molecule has 1 aromatic carbocycles. The van der Waals surface area contributed by atoms with Gasteiger partial charge in [0.15, 0.2) is 0 Å². The summed E-state index contributed by atoms with van der Waals surface area (Å²) >= 11 is 0. The second kappa shape index (κ2) is 6.44. The maximum absolute atomic E-state index is 13.7. The Labute approximate surface area is 115 Å². The van der Waals surface area contributed by atoms with Gasteiger partial charge in [-0.1, -0.05) is 0 Å². The van der Waals surface area contributed by atoms with E-state index in [1.165, 1.54) is 19.9 Å². The van der Waals surface area contributed by atoms with Gasteiger partial charge in [0.2, 0.25) is 5.78 Å². The molecular formula is C14H11FN2O3. The first-order valence-electron chi connectivity index (χ1n) is 5.73. The number of Topliss-reactive ketones (excluding diaryl/α,β-unsaturated/α-hetero) is 1. The number of carbonyl (C=O) groups excluding carboxylic acids is 2. The van der Waals surface area contributed by atoms with Crippen molar-refractivity contribution in [1.29, 1.82) is 10.5 Å². The number of nitriles is 2. The molecule has 0 bridgehead atoms. The number of benzene rings is 1. The van der Waals surface area contributed by atoms with Crippen LogP contribution >= 0.6 is 0 Å². The van der Waals surface area contributed by atoms with Crippen LogP contribution in [0.1, 0.15) is 35.3 Å². The highest BCUT2D eigenvalue weighted by atomic mass is 19.1. The molecule has 1 aromatic rings. The van der Waals surface area contributed by atoms with Crippen molar-refractivity contribution in [3.05, 3.63) is 34.9 Å². The minimum absolute atomic E-state index is 0.158. The smallest absolute Gasteiger partial charge is 0.349 e. The second-order valence-electron chi connectivity index (χ2n) is 4.20. The second-order valence-corrected chi connectivity index (χ2v) is 4.20. The molecule has 1 atom stereocenters. The van der Waals surface area contributed by atoms with Crippen LogP contribution in [0.15, 0.2) is 18.2 Å². The van der Waals surface area contributed by atoms with E-state index in [1.54, 1.807) is 12.1 Å². The fourth-order valence-corrected chi connectivity index (χ4v) is 1.46. The van der Waals surface area contributed by atoms with Gasteiger partial charge in [-0.3, -0.25) is 4.79 Å². The summed E-state index contributed by atoms with van der Waals surface area (Å²) in [4.78, 5) is 23.2. The lowest BCUT2D eigenvalue weighted by molar-refractivity contribution is -0.151. The molecular weight excluding hydrogens is 263 g/mol. The molecule has 1 unspecified atom stereocenters. The number of hydrogen-bond acceptors (Lipinski definition) is 5. The third-order valence-electron chi connectivity index (χ3n) is 2.32. The third-order valence-corrected chi connectivity index (χ3v) is 2.32. The van der Waals surface area contributed by atoms with Gasteiger partial charge >= 0.3 is 5.97 Å². The predicted molar refractivity (Wildman–Crippen MR) is 66.3 cm³/mol. The van der Waals surface area contributed by atoms with Gasteiger partial charge < -0.3 is 4.74 Å². The number of alkyl halides is 1. The van der Waals surface area contributed by atoms with Gasteiger partial charge in [-0.25, -0.2) is 9.18 Å². The molecule has 0 fully saturated rings. The van der Waals surface area contributed by atoms with E-state index in [0.29, 0.717) is 0 Å². The van der Waals surface area contributed by atoms with Crippen LogP contribution in [0.2, 0.25) is 0 Å². The largest absolute Gasteiger partial charge is 0.460 e. The Bertz CT molecular complexity index is 626. The van der Waals surface area contributed by atoms with E-state index in [1.807, 2.05) is 0 Å². The predicted octanol–water partition coefficient (Wildman–Crippen LogP) is 1.90. The Morgan fingerprint density at radius 1 is 1.25 bits per heavy atom. The van der Waals surface area contributed by atoms with Gasteiger partial charge in [-0.2, -0.15) is 10.5 Å². The van der Waals surface area contributed by atoms with E-state index >= 15 is 0 Å². The minimum Gasteiger partial charge on any atom is -0.460 e. The highest BCUT2D eigenvalue weighted by molar-refractivity contribution is 6.12. The van der Waals surface area contributed by atoms with Gasteiger partial charge in [0.05, 0.1) is 29.4 Å². The third kappa shape index (κ3) is 3.39. The number of rotatable bonds is 4. The van der Waals surface area contributed by atoms with Gasteiger partial charge in [-0.15, -0.1) is 0 Å². The molecule has 0 heterocycles.